The molecule has 2 aromatic rings. The summed E-state index contributed by atoms with van der Waals surface area (Å²) in [6.07, 6.45) is 1.81. The zero-order chi connectivity index (χ0) is 13.1. The van der Waals surface area contributed by atoms with Crippen LogP contribution in [0.1, 0.15) is 36.2 Å². The maximum atomic E-state index is 6.26. The Kier molecular flexibility index (Phi) is 4.59. The van der Waals surface area contributed by atoms with E-state index in [4.69, 9.17) is 5.73 Å². The first-order valence-electron chi connectivity index (χ1n) is 6.19. The minimum atomic E-state index is 0.0491. The molecule has 2 rings (SSSR count). The summed E-state index contributed by atoms with van der Waals surface area (Å²) in [4.78, 5) is 1.21. The average Bonchev–Trinajstić information content (AvgIpc) is 2.95. The van der Waals surface area contributed by atoms with Gasteiger partial charge in [-0.15, -0.1) is 11.3 Å². The first-order chi connectivity index (χ1) is 8.63. The third kappa shape index (κ3) is 3.02. The third-order valence-corrected chi connectivity index (χ3v) is 4.78. The van der Waals surface area contributed by atoms with Gasteiger partial charge in [-0.2, -0.15) is 5.10 Å². The molecule has 0 radical (unpaired) electrons. The van der Waals surface area contributed by atoms with Crippen LogP contribution in [0.25, 0.3) is 0 Å². The second-order valence-electron chi connectivity index (χ2n) is 4.27. The molecule has 0 amide bonds. The Labute approximate surface area is 120 Å². The van der Waals surface area contributed by atoms with Gasteiger partial charge in [0, 0.05) is 39.4 Å². The Balaban J connectivity index is 2.15. The smallest absolute Gasteiger partial charge is 0.0624 e. The van der Waals surface area contributed by atoms with Crippen molar-refractivity contribution in [2.24, 2.45) is 5.73 Å². The summed E-state index contributed by atoms with van der Waals surface area (Å²) >= 11 is 5.17. The van der Waals surface area contributed by atoms with Crippen LogP contribution >= 0.6 is 27.3 Å². The molecule has 0 aromatic carbocycles. The monoisotopic (exact) mass is 327 g/mol. The fraction of sp³-hybridized carbons (Fsp3) is 0.462. The van der Waals surface area contributed by atoms with Crippen molar-refractivity contribution in [3.63, 3.8) is 0 Å². The summed E-state index contributed by atoms with van der Waals surface area (Å²) in [5.41, 5.74) is 8.64. The van der Waals surface area contributed by atoms with E-state index < -0.39 is 0 Å². The lowest BCUT2D eigenvalue weighted by atomic mass is 10.1. The van der Waals surface area contributed by atoms with E-state index in [2.05, 4.69) is 57.1 Å². The van der Waals surface area contributed by atoms with E-state index in [9.17, 15) is 0 Å². The molecule has 0 saturated carbocycles. The summed E-state index contributed by atoms with van der Waals surface area (Å²) in [6.45, 7) is 5.14. The highest BCUT2D eigenvalue weighted by molar-refractivity contribution is 9.10. The van der Waals surface area contributed by atoms with Gasteiger partial charge in [0.15, 0.2) is 0 Å². The topological polar surface area (TPSA) is 43.8 Å². The van der Waals surface area contributed by atoms with Crippen LogP contribution < -0.4 is 5.73 Å². The Hall–Kier alpha value is -0.650. The van der Waals surface area contributed by atoms with Gasteiger partial charge in [0.25, 0.3) is 0 Å². The predicted molar refractivity (Wildman–Crippen MR) is 79.9 cm³/mol. The van der Waals surface area contributed by atoms with E-state index in [-0.39, 0.29) is 6.04 Å². The van der Waals surface area contributed by atoms with Crippen LogP contribution in [0, 0.1) is 0 Å². The largest absolute Gasteiger partial charge is 0.323 e. The van der Waals surface area contributed by atoms with Gasteiger partial charge in [0.1, 0.15) is 0 Å². The van der Waals surface area contributed by atoms with Crippen molar-refractivity contribution in [1.82, 2.24) is 9.78 Å². The maximum Gasteiger partial charge on any atom is 0.0624 e. The molecule has 0 aliphatic heterocycles. The molecule has 98 valence electrons. The highest BCUT2D eigenvalue weighted by atomic mass is 79.9. The van der Waals surface area contributed by atoms with E-state index >= 15 is 0 Å². The average molecular weight is 328 g/mol. The Morgan fingerprint density at radius 3 is 2.78 bits per heavy atom. The minimum Gasteiger partial charge on any atom is -0.323 e. The Morgan fingerprint density at radius 1 is 1.44 bits per heavy atom. The second-order valence-corrected chi connectivity index (χ2v) is 6.13. The highest BCUT2D eigenvalue weighted by Gasteiger charge is 2.13. The molecule has 1 atom stereocenters. The number of nitrogens with zero attached hydrogens (tertiary/aromatic N) is 2. The molecule has 18 heavy (non-hydrogen) atoms. The van der Waals surface area contributed by atoms with E-state index in [1.807, 2.05) is 0 Å². The number of aromatic nitrogens is 2. The summed E-state index contributed by atoms with van der Waals surface area (Å²) in [5.74, 6) is 0. The zero-order valence-electron chi connectivity index (χ0n) is 10.7. The minimum absolute atomic E-state index is 0.0491. The van der Waals surface area contributed by atoms with Crippen molar-refractivity contribution in [2.45, 2.75) is 39.3 Å². The fourth-order valence-electron chi connectivity index (χ4n) is 1.97. The number of rotatable bonds is 5. The lowest BCUT2D eigenvalue weighted by molar-refractivity contribution is 0.588. The van der Waals surface area contributed by atoms with Crippen molar-refractivity contribution in [2.75, 3.05) is 0 Å². The van der Waals surface area contributed by atoms with Crippen LogP contribution in [-0.4, -0.2) is 9.78 Å². The van der Waals surface area contributed by atoms with Gasteiger partial charge in [0.05, 0.1) is 5.69 Å². The van der Waals surface area contributed by atoms with Gasteiger partial charge in [-0.05, 0) is 41.4 Å². The molecule has 2 N–H and O–H groups in total. The number of halogens is 1. The van der Waals surface area contributed by atoms with Gasteiger partial charge in [-0.1, -0.05) is 6.92 Å². The molecule has 3 nitrogen and oxygen atoms in total. The number of thiophene rings is 1. The molecular weight excluding hydrogens is 310 g/mol. The van der Waals surface area contributed by atoms with Crippen molar-refractivity contribution in [3.05, 3.63) is 38.3 Å². The van der Waals surface area contributed by atoms with Gasteiger partial charge in [-0.3, -0.25) is 4.68 Å². The van der Waals surface area contributed by atoms with Crippen LogP contribution in [0.2, 0.25) is 0 Å². The number of nitrogens with two attached hydrogens (primary N) is 1. The SMILES string of the molecule is CCc1cc(CC(N)c2cc(Br)cs2)n(CC)n1. The quantitative estimate of drug-likeness (QED) is 0.912. The third-order valence-electron chi connectivity index (χ3n) is 2.96. The molecule has 1 unspecified atom stereocenters. The Morgan fingerprint density at radius 2 is 2.22 bits per heavy atom. The lowest BCUT2D eigenvalue weighted by Gasteiger charge is -2.10. The zero-order valence-corrected chi connectivity index (χ0v) is 13.1. The maximum absolute atomic E-state index is 6.26. The molecule has 2 heterocycles. The first-order valence-corrected chi connectivity index (χ1v) is 7.86. The number of hydrogen-bond acceptors (Lipinski definition) is 3. The van der Waals surface area contributed by atoms with Crippen LogP contribution in [0.3, 0.4) is 0 Å². The predicted octanol–water partition coefficient (Wildman–Crippen LogP) is 3.53. The molecule has 0 fully saturated rings. The summed E-state index contributed by atoms with van der Waals surface area (Å²) in [7, 11) is 0. The fourth-order valence-corrected chi connectivity index (χ4v) is 3.42. The first kappa shape index (κ1) is 13.8. The molecular formula is C13H18BrN3S. The summed E-state index contributed by atoms with van der Waals surface area (Å²) in [5, 5.41) is 6.63. The molecule has 0 aliphatic rings. The van der Waals surface area contributed by atoms with Gasteiger partial charge >= 0.3 is 0 Å². The normalized spacial score (nSPS) is 12.9. The number of hydrogen-bond donors (Lipinski definition) is 1. The lowest BCUT2D eigenvalue weighted by Crippen LogP contribution is -2.15. The van der Waals surface area contributed by atoms with E-state index in [0.29, 0.717) is 0 Å². The van der Waals surface area contributed by atoms with Crippen LogP contribution in [-0.2, 0) is 19.4 Å². The number of aryl methyl sites for hydroxylation is 2. The van der Waals surface area contributed by atoms with Crippen molar-refractivity contribution in [1.29, 1.82) is 0 Å². The molecule has 5 heteroatoms. The van der Waals surface area contributed by atoms with Crippen molar-refractivity contribution < 1.29 is 0 Å². The van der Waals surface area contributed by atoms with Gasteiger partial charge < -0.3 is 5.73 Å². The van der Waals surface area contributed by atoms with Crippen molar-refractivity contribution >= 4 is 27.3 Å². The molecule has 0 saturated heterocycles. The molecule has 0 aliphatic carbocycles. The van der Waals surface area contributed by atoms with Gasteiger partial charge in [0.2, 0.25) is 0 Å². The summed E-state index contributed by atoms with van der Waals surface area (Å²) in [6, 6.07) is 4.32. The molecule has 2 aromatic heterocycles. The van der Waals surface area contributed by atoms with Gasteiger partial charge in [-0.25, -0.2) is 0 Å². The van der Waals surface area contributed by atoms with Crippen LogP contribution in [0.4, 0.5) is 0 Å². The summed E-state index contributed by atoms with van der Waals surface area (Å²) < 4.78 is 3.16. The molecule has 0 bridgehead atoms. The van der Waals surface area contributed by atoms with E-state index in [1.54, 1.807) is 11.3 Å². The molecule has 0 spiro atoms. The van der Waals surface area contributed by atoms with E-state index in [0.717, 1.165) is 29.6 Å². The van der Waals surface area contributed by atoms with Crippen molar-refractivity contribution in [3.8, 4) is 0 Å². The highest BCUT2D eigenvalue weighted by Crippen LogP contribution is 2.26. The van der Waals surface area contributed by atoms with Crippen LogP contribution in [0.5, 0.6) is 0 Å². The van der Waals surface area contributed by atoms with E-state index in [1.165, 1.54) is 10.6 Å². The Bertz CT molecular complexity index is 518. The standard InChI is InChI=1S/C13H18BrN3S/c1-3-10-6-11(17(4-2)16-10)7-12(15)13-5-9(14)8-18-13/h5-6,8,12H,3-4,7,15H2,1-2H3. The van der Waals surface area contributed by atoms with Crippen LogP contribution in [0.15, 0.2) is 22.0 Å². The second kappa shape index (κ2) is 5.99.